The molecule has 0 radical (unpaired) electrons. The van der Waals surface area contributed by atoms with E-state index < -0.39 is 5.97 Å². The third-order valence-corrected chi connectivity index (χ3v) is 4.53. The lowest BCUT2D eigenvalue weighted by atomic mass is 10.1. The predicted octanol–water partition coefficient (Wildman–Crippen LogP) is 2.05. The molecule has 2 fully saturated rings. The number of rotatable bonds is 3. The first-order valence-electron chi connectivity index (χ1n) is 7.51. The Morgan fingerprint density at radius 3 is 2.85 bits per heavy atom. The van der Waals surface area contributed by atoms with Gasteiger partial charge in [-0.25, -0.2) is 4.79 Å². The highest BCUT2D eigenvalue weighted by Crippen LogP contribution is 2.23. The number of carboxylic acids is 1. The van der Waals surface area contributed by atoms with E-state index in [9.17, 15) is 9.90 Å². The Bertz CT molecular complexity index is 489. The minimum atomic E-state index is -0.821. The number of benzene rings is 1. The van der Waals surface area contributed by atoms with Gasteiger partial charge in [-0.05, 0) is 50.5 Å². The summed E-state index contributed by atoms with van der Waals surface area (Å²) >= 11 is 0. The normalized spacial score (nSPS) is 24.3. The molecule has 2 heterocycles. The maximum atomic E-state index is 11.3. The van der Waals surface area contributed by atoms with Crippen molar-refractivity contribution in [2.45, 2.75) is 31.8 Å². The van der Waals surface area contributed by atoms with Crippen LogP contribution >= 0.6 is 0 Å². The first-order valence-corrected chi connectivity index (χ1v) is 7.51. The Morgan fingerprint density at radius 1 is 1.20 bits per heavy atom. The maximum Gasteiger partial charge on any atom is 0.336 e. The minimum absolute atomic E-state index is 0.444. The van der Waals surface area contributed by atoms with Gasteiger partial charge in [0.1, 0.15) is 0 Å². The molecule has 1 aromatic rings. The second-order valence-electron chi connectivity index (χ2n) is 5.88. The molecule has 0 spiro atoms. The van der Waals surface area contributed by atoms with Crippen molar-refractivity contribution in [1.82, 2.24) is 9.80 Å². The molecular formula is C16H22N2O2. The van der Waals surface area contributed by atoms with Crippen LogP contribution in [0.2, 0.25) is 0 Å². The van der Waals surface area contributed by atoms with Crippen molar-refractivity contribution < 1.29 is 9.90 Å². The largest absolute Gasteiger partial charge is 0.478 e. The van der Waals surface area contributed by atoms with Gasteiger partial charge in [0.25, 0.3) is 0 Å². The molecular weight excluding hydrogens is 252 g/mol. The van der Waals surface area contributed by atoms with Crippen LogP contribution in [0.3, 0.4) is 0 Å². The number of fused-ring (bicyclic) bond motifs is 1. The van der Waals surface area contributed by atoms with E-state index in [2.05, 4.69) is 9.80 Å². The summed E-state index contributed by atoms with van der Waals surface area (Å²) in [5.41, 5.74) is 1.38. The van der Waals surface area contributed by atoms with Gasteiger partial charge < -0.3 is 5.11 Å². The van der Waals surface area contributed by atoms with Crippen molar-refractivity contribution in [3.05, 3.63) is 35.4 Å². The van der Waals surface area contributed by atoms with Gasteiger partial charge in [0.05, 0.1) is 5.56 Å². The molecule has 2 aliphatic heterocycles. The molecule has 1 unspecified atom stereocenters. The lowest BCUT2D eigenvalue weighted by molar-refractivity contribution is 0.0694. The number of hydrogen-bond acceptors (Lipinski definition) is 3. The fourth-order valence-corrected chi connectivity index (χ4v) is 3.53. The fraction of sp³-hybridized carbons (Fsp3) is 0.562. The van der Waals surface area contributed by atoms with E-state index in [4.69, 9.17) is 0 Å². The molecule has 2 aliphatic rings. The van der Waals surface area contributed by atoms with Crippen molar-refractivity contribution in [1.29, 1.82) is 0 Å². The lowest BCUT2D eigenvalue weighted by Crippen LogP contribution is -2.36. The summed E-state index contributed by atoms with van der Waals surface area (Å²) in [5.74, 6) is -0.821. The summed E-state index contributed by atoms with van der Waals surface area (Å²) in [7, 11) is 0. The van der Waals surface area contributed by atoms with E-state index in [1.165, 1.54) is 32.4 Å². The Hall–Kier alpha value is -1.39. The Labute approximate surface area is 120 Å². The van der Waals surface area contributed by atoms with Crippen LogP contribution in [0.5, 0.6) is 0 Å². The van der Waals surface area contributed by atoms with Crippen LogP contribution in [0, 0.1) is 0 Å². The molecule has 4 nitrogen and oxygen atoms in total. The lowest BCUT2D eigenvalue weighted by Gasteiger charge is -2.26. The number of hydrogen-bond donors (Lipinski definition) is 1. The Morgan fingerprint density at radius 2 is 2.00 bits per heavy atom. The summed E-state index contributed by atoms with van der Waals surface area (Å²) < 4.78 is 0. The monoisotopic (exact) mass is 274 g/mol. The molecule has 0 amide bonds. The number of carboxylic acid groups (broad SMARTS) is 1. The van der Waals surface area contributed by atoms with Crippen LogP contribution in [0.25, 0.3) is 0 Å². The quantitative estimate of drug-likeness (QED) is 0.916. The highest BCUT2D eigenvalue weighted by Gasteiger charge is 2.28. The molecule has 3 rings (SSSR count). The van der Waals surface area contributed by atoms with Gasteiger partial charge in [0, 0.05) is 19.1 Å². The van der Waals surface area contributed by atoms with Crippen molar-refractivity contribution in [3.63, 3.8) is 0 Å². The smallest absolute Gasteiger partial charge is 0.336 e. The first kappa shape index (κ1) is 13.6. The summed E-state index contributed by atoms with van der Waals surface area (Å²) in [6.45, 7) is 5.34. The van der Waals surface area contributed by atoms with Crippen molar-refractivity contribution in [3.8, 4) is 0 Å². The number of aromatic carboxylic acids is 1. The van der Waals surface area contributed by atoms with E-state index in [1.54, 1.807) is 12.1 Å². The summed E-state index contributed by atoms with van der Waals surface area (Å²) in [6, 6.07) is 8.06. The molecule has 1 aromatic carbocycles. The molecule has 0 aliphatic carbocycles. The van der Waals surface area contributed by atoms with E-state index in [0.717, 1.165) is 25.2 Å². The van der Waals surface area contributed by atoms with Gasteiger partial charge >= 0.3 is 5.97 Å². The second-order valence-corrected chi connectivity index (χ2v) is 5.88. The average Bonchev–Trinajstić information content (AvgIpc) is 2.78. The highest BCUT2D eigenvalue weighted by atomic mass is 16.4. The zero-order chi connectivity index (χ0) is 13.9. The van der Waals surface area contributed by atoms with Crippen molar-refractivity contribution in [2.24, 2.45) is 0 Å². The third-order valence-electron chi connectivity index (χ3n) is 4.53. The van der Waals surface area contributed by atoms with Crippen LogP contribution in [0.15, 0.2) is 24.3 Å². The molecule has 4 heteroatoms. The zero-order valence-electron chi connectivity index (χ0n) is 11.8. The van der Waals surface area contributed by atoms with E-state index in [-0.39, 0.29) is 0 Å². The number of nitrogens with zero attached hydrogens (tertiary/aromatic N) is 2. The average molecular weight is 274 g/mol. The van der Waals surface area contributed by atoms with Gasteiger partial charge in [-0.2, -0.15) is 0 Å². The molecule has 1 N–H and O–H groups in total. The van der Waals surface area contributed by atoms with Crippen LogP contribution in [-0.2, 0) is 6.54 Å². The third kappa shape index (κ3) is 2.86. The molecule has 108 valence electrons. The SMILES string of the molecule is O=C(O)c1ccccc1CN1CCCN2CCCC2C1. The Balaban J connectivity index is 1.72. The Kier molecular flexibility index (Phi) is 4.03. The van der Waals surface area contributed by atoms with Gasteiger partial charge in [-0.3, -0.25) is 9.80 Å². The highest BCUT2D eigenvalue weighted by molar-refractivity contribution is 5.89. The van der Waals surface area contributed by atoms with Crippen molar-refractivity contribution >= 4 is 5.97 Å². The van der Waals surface area contributed by atoms with E-state index >= 15 is 0 Å². The first-order chi connectivity index (χ1) is 9.74. The molecule has 0 bridgehead atoms. The minimum Gasteiger partial charge on any atom is -0.478 e. The maximum absolute atomic E-state index is 11.3. The van der Waals surface area contributed by atoms with Gasteiger partial charge in [0.15, 0.2) is 0 Å². The van der Waals surface area contributed by atoms with Gasteiger partial charge in [0.2, 0.25) is 0 Å². The molecule has 1 atom stereocenters. The molecule has 2 saturated heterocycles. The summed E-state index contributed by atoms with van der Waals surface area (Å²) in [5, 5.41) is 9.27. The fourth-order valence-electron chi connectivity index (χ4n) is 3.53. The summed E-state index contributed by atoms with van der Waals surface area (Å²) in [6.07, 6.45) is 3.78. The van der Waals surface area contributed by atoms with E-state index in [0.29, 0.717) is 11.6 Å². The van der Waals surface area contributed by atoms with Crippen LogP contribution in [0.1, 0.15) is 35.2 Å². The van der Waals surface area contributed by atoms with Crippen LogP contribution < -0.4 is 0 Å². The molecule has 0 aromatic heterocycles. The zero-order valence-corrected chi connectivity index (χ0v) is 11.8. The molecule has 20 heavy (non-hydrogen) atoms. The molecule has 0 saturated carbocycles. The summed E-state index contributed by atoms with van der Waals surface area (Å²) in [4.78, 5) is 16.3. The standard InChI is InChI=1S/C16H22N2O2/c19-16(20)15-7-2-1-5-13(15)11-17-8-4-10-18-9-3-6-14(18)12-17/h1-2,5,7,14H,3-4,6,8-12H2,(H,19,20). The number of carbonyl (C=O) groups is 1. The van der Waals surface area contributed by atoms with Crippen LogP contribution in [-0.4, -0.2) is 53.1 Å². The van der Waals surface area contributed by atoms with Gasteiger partial charge in [-0.1, -0.05) is 18.2 Å². The predicted molar refractivity (Wildman–Crippen MR) is 77.9 cm³/mol. The van der Waals surface area contributed by atoms with Gasteiger partial charge in [-0.15, -0.1) is 0 Å². The van der Waals surface area contributed by atoms with Crippen molar-refractivity contribution in [2.75, 3.05) is 26.2 Å². The topological polar surface area (TPSA) is 43.8 Å². The van der Waals surface area contributed by atoms with Crippen LogP contribution in [0.4, 0.5) is 0 Å². The second kappa shape index (κ2) is 5.94. The van der Waals surface area contributed by atoms with E-state index in [1.807, 2.05) is 12.1 Å².